The van der Waals surface area contributed by atoms with Crippen molar-refractivity contribution >= 4 is 57.8 Å². The van der Waals surface area contributed by atoms with E-state index in [-0.39, 0.29) is 105 Å². The number of rotatable bonds is 14. The number of allylic oxidation sites excluding steroid dienone is 2. The fourth-order valence-corrected chi connectivity index (χ4v) is 21.1. The Bertz CT molecular complexity index is 7480. The maximum atomic E-state index is 15.5. The van der Waals surface area contributed by atoms with E-state index in [1.165, 1.54) is 34.4 Å². The summed E-state index contributed by atoms with van der Waals surface area (Å²) in [5, 5.41) is 45.3. The Hall–Kier alpha value is -14.0. The summed E-state index contributed by atoms with van der Waals surface area (Å²) in [7, 11) is 0. The second-order valence-corrected chi connectivity index (χ2v) is 37.2. The van der Waals surface area contributed by atoms with Gasteiger partial charge < -0.3 is 44.6 Å². The number of anilines is 3. The normalized spacial score (nSPS) is 22.2. The molecule has 130 heavy (non-hydrogen) atoms. The Morgan fingerprint density at radius 3 is 1.20 bits per heavy atom. The Labute approximate surface area is 747 Å². The molecule has 6 aliphatic heterocycles. The summed E-state index contributed by atoms with van der Waals surface area (Å²) in [6.07, 6.45) is 5.44. The zero-order valence-corrected chi connectivity index (χ0v) is 71.1. The zero-order valence-electron chi connectivity index (χ0n) is 68.9. The average Bonchev–Trinajstić information content (AvgIpc) is 1.55. The van der Waals surface area contributed by atoms with E-state index in [9.17, 15) is 32.3 Å². The molecule has 4 fully saturated rings. The van der Waals surface area contributed by atoms with Crippen LogP contribution in [0.25, 0.3) is 84.2 Å². The van der Waals surface area contributed by atoms with Crippen LogP contribution in [0.1, 0.15) is 139 Å². The van der Waals surface area contributed by atoms with Crippen molar-refractivity contribution < 1.29 is 31.1 Å². The predicted octanol–water partition coefficient (Wildman–Crippen LogP) is 17.2. The largest absolute Gasteiger partial charge is 0.389 e. The number of aromatic amines is 3. The zero-order chi connectivity index (χ0) is 89.1. The fourth-order valence-electron chi connectivity index (χ4n) is 20.6. The molecule has 4 aliphatic carbocycles. The number of hydrogen-bond donors (Lipinski definition) is 6. The van der Waals surface area contributed by atoms with E-state index >= 15 is 13.2 Å². The van der Waals surface area contributed by atoms with Gasteiger partial charge in [0.1, 0.15) is 53.5 Å². The molecule has 0 saturated heterocycles. The molecule has 15 heterocycles. The summed E-state index contributed by atoms with van der Waals surface area (Å²) in [6, 6.07) is 41.8. The monoisotopic (exact) mass is 1810 g/mol. The van der Waals surface area contributed by atoms with Crippen molar-refractivity contribution in [1.82, 2.24) is 104 Å². The van der Waals surface area contributed by atoms with Gasteiger partial charge in [0.15, 0.2) is 0 Å². The Balaban J connectivity index is 0.000000111. The SMILES string of the molecule is C=C1Nc2ccc(-c3nc(C4C5CC5c5cc(-c6cc(Cl)ccc6-n6cnnn6)cc(=O)n54)[nH]c3F)cc2CC1(C)C.C=C1Nc2ccc(-c3nc(C4C5CC5c5cc(-c6cc(Cl)ccc6-n6cnnn6)cc(=O)n54)[nH]c3F)cc2CC1CC(F)(F)F.O=C1Nc2ccc(-c3nc(C4C5CC5c5cc(-c6cc(Cl)ccc6-n6cnnn6)cc(=O)n54)[nH]c3F)cc2CC1C1CC1. The van der Waals surface area contributed by atoms with E-state index in [1.807, 2.05) is 60.7 Å². The van der Waals surface area contributed by atoms with Gasteiger partial charge in [0.05, 0.1) is 41.6 Å². The third-order valence-corrected chi connectivity index (χ3v) is 28.0. The van der Waals surface area contributed by atoms with E-state index in [1.54, 1.807) is 97.2 Å². The van der Waals surface area contributed by atoms with E-state index in [2.05, 4.69) is 109 Å². The van der Waals surface area contributed by atoms with Gasteiger partial charge in [-0.2, -0.15) is 40.4 Å². The molecule has 6 aromatic carbocycles. The minimum Gasteiger partial charge on any atom is -0.359 e. The van der Waals surface area contributed by atoms with Crippen LogP contribution in [0.3, 0.4) is 0 Å². The third-order valence-electron chi connectivity index (χ3n) is 27.3. The second-order valence-electron chi connectivity index (χ2n) is 35.9. The molecule has 9 aromatic heterocycles. The molecule has 25 rings (SSSR count). The summed E-state index contributed by atoms with van der Waals surface area (Å²) < 4.78 is 95.5. The summed E-state index contributed by atoms with van der Waals surface area (Å²) in [5.74, 6) is 0.00991. The van der Waals surface area contributed by atoms with E-state index in [0.29, 0.717) is 112 Å². The summed E-state index contributed by atoms with van der Waals surface area (Å²) in [4.78, 5) is 76.2. The van der Waals surface area contributed by atoms with Crippen LogP contribution in [-0.4, -0.2) is 116 Å². The van der Waals surface area contributed by atoms with Crippen LogP contribution in [0.2, 0.25) is 15.1 Å². The number of pyridine rings is 3. The van der Waals surface area contributed by atoms with Gasteiger partial charge >= 0.3 is 6.18 Å². The number of carbonyl (C=O) groups is 1. The first-order valence-corrected chi connectivity index (χ1v) is 43.6. The number of benzene rings is 6. The van der Waals surface area contributed by atoms with Gasteiger partial charge in [-0.1, -0.05) is 80.0 Å². The van der Waals surface area contributed by atoms with E-state index < -0.39 is 42.4 Å². The van der Waals surface area contributed by atoms with Crippen LogP contribution in [0, 0.1) is 58.8 Å². The number of aromatic nitrogens is 21. The molecule has 0 spiro atoms. The molecule has 10 aliphatic rings. The van der Waals surface area contributed by atoms with Gasteiger partial charge in [0.2, 0.25) is 23.8 Å². The number of alkyl halides is 3. The van der Waals surface area contributed by atoms with E-state index in [4.69, 9.17) is 44.8 Å². The van der Waals surface area contributed by atoms with Gasteiger partial charge in [-0.25, -0.2) is 15.0 Å². The van der Waals surface area contributed by atoms with Crippen molar-refractivity contribution in [3.63, 3.8) is 0 Å². The van der Waals surface area contributed by atoms with Crippen LogP contribution in [0.15, 0.2) is 204 Å². The quantitative estimate of drug-likeness (QED) is 0.0551. The molecule has 4 saturated carbocycles. The van der Waals surface area contributed by atoms with Crippen LogP contribution in [0.4, 0.5) is 43.4 Å². The maximum Gasteiger partial charge on any atom is 0.389 e. The third kappa shape index (κ3) is 14.0. The van der Waals surface area contributed by atoms with Crippen LogP contribution < -0.4 is 32.6 Å². The smallest absolute Gasteiger partial charge is 0.359 e. The number of nitrogens with one attached hydrogen (secondary N) is 6. The van der Waals surface area contributed by atoms with Crippen molar-refractivity contribution in [1.29, 1.82) is 0 Å². The van der Waals surface area contributed by atoms with Crippen LogP contribution in [-0.2, 0) is 24.1 Å². The van der Waals surface area contributed by atoms with Crippen molar-refractivity contribution in [2.45, 2.75) is 114 Å². The molecule has 1 amide bonds. The van der Waals surface area contributed by atoms with Crippen molar-refractivity contribution in [3.8, 4) is 84.2 Å². The highest BCUT2D eigenvalue weighted by molar-refractivity contribution is 6.31. The first-order chi connectivity index (χ1) is 62.6. The van der Waals surface area contributed by atoms with Gasteiger partial charge in [-0.15, -0.1) is 15.3 Å². The lowest BCUT2D eigenvalue weighted by Gasteiger charge is -2.34. The van der Waals surface area contributed by atoms with Crippen LogP contribution in [0.5, 0.6) is 0 Å². The Kier molecular flexibility index (Phi) is 18.6. The number of imidazole rings is 3. The number of amides is 1. The van der Waals surface area contributed by atoms with Crippen molar-refractivity contribution in [3.05, 3.63) is 304 Å². The molecular weight excluding hydrogens is 1740 g/mol. The highest BCUT2D eigenvalue weighted by Gasteiger charge is 2.58. The number of hydrogen-bond acceptors (Lipinski definition) is 18. The maximum absolute atomic E-state index is 15.5. The molecule has 11 atom stereocenters. The lowest BCUT2D eigenvalue weighted by Crippen LogP contribution is -2.31. The van der Waals surface area contributed by atoms with Gasteiger partial charge in [0.25, 0.3) is 16.7 Å². The Morgan fingerprint density at radius 1 is 0.446 bits per heavy atom. The summed E-state index contributed by atoms with van der Waals surface area (Å²) >= 11 is 19.0. The second kappa shape index (κ2) is 30.1. The predicted molar refractivity (Wildman–Crippen MR) is 470 cm³/mol. The fraction of sp³-hybridized carbons (Fsp3) is 0.269. The number of halogens is 9. The highest BCUT2D eigenvalue weighted by atomic mass is 35.5. The van der Waals surface area contributed by atoms with E-state index in [0.717, 1.165) is 100 Å². The van der Waals surface area contributed by atoms with Crippen LogP contribution >= 0.6 is 34.8 Å². The number of fused-ring (bicyclic) bond motifs is 12. The molecule has 6 N–H and O–H groups in total. The standard InChI is InChI=1S/C31H23ClF4N8O.C31H24ClFN8O2.C31H26ClFN8O/c1-14-18(12-31(34,35)36)7-17-6-15(2-4-23(17)38-14)27-29(33)40-30(39-27)28-22-11-21(22)25-8-16(9-26(45)44(25)28)20-10-19(32)3-5-24(20)43-13-37-41-42-43;32-18-4-6-24(40-13-34-38-39-40)19(11-18)16-9-25-21-12-22(21)28(41(25)26(42)10-16)30-36-27(29(33)37-30)15-3-5-23-17(7-15)8-20(14-1-2-14)31(43)35-23;1-15-31(2,3)13-18-8-16(4-6-23(18)35-15)27-29(33)37-30(36-27)28-22-12-21(22)25-9-17(10-26(42)41(25)28)20-11-19(32)5-7-24(20)40-14-34-38-39-40/h2-6,8-10,13,18,21-22,28,38H,1,7,11-12H2,(H,39,40);3-7,9-11,13-14,20-22,28H,1-2,8,12H2,(H,35,43)(H,36,37);4-11,14,21-22,28,35H,1,12-13H2,2-3H3,(H,36,37). The summed E-state index contributed by atoms with van der Waals surface area (Å²) in [5.41, 5.74) is 16.9. The van der Waals surface area contributed by atoms with Gasteiger partial charge in [-0.3, -0.25) is 19.2 Å². The van der Waals surface area contributed by atoms with Crippen molar-refractivity contribution in [2.75, 3.05) is 16.0 Å². The first kappa shape index (κ1) is 80.6. The average molecular weight is 1810 g/mol. The van der Waals surface area contributed by atoms with Gasteiger partial charge in [0, 0.05) is 147 Å². The number of tetrazole rings is 3. The topological polar surface area (TPSA) is 336 Å². The number of nitrogens with zero attached hydrogens (tertiary/aromatic N) is 18. The number of carbonyl (C=O) groups excluding carboxylic acids is 1. The molecule has 37 heteroatoms. The lowest BCUT2D eigenvalue weighted by molar-refractivity contribution is -0.141. The first-order valence-electron chi connectivity index (χ1n) is 42.5. The minimum absolute atomic E-state index is 0.0308. The minimum atomic E-state index is -4.34. The molecule has 652 valence electrons. The lowest BCUT2D eigenvalue weighted by atomic mass is 9.79. The molecule has 0 radical (unpaired) electrons. The highest BCUT2D eigenvalue weighted by Crippen LogP contribution is 2.64. The molecule has 0 bridgehead atoms. The number of H-pyrrole nitrogens is 3. The van der Waals surface area contributed by atoms with Gasteiger partial charge in [-0.05, 0) is 249 Å². The Morgan fingerprint density at radius 2 is 0.823 bits per heavy atom. The molecular formula is C93H73Cl3F6N24O4. The molecule has 15 aromatic rings. The van der Waals surface area contributed by atoms with Crippen molar-refractivity contribution in [2.24, 2.45) is 40.9 Å². The summed E-state index contributed by atoms with van der Waals surface area (Å²) in [6.45, 7) is 12.2. The molecule has 11 unspecified atom stereocenters. The molecule has 28 nitrogen and oxygen atoms in total.